The summed E-state index contributed by atoms with van der Waals surface area (Å²) >= 11 is 0. The van der Waals surface area contributed by atoms with E-state index in [1.807, 2.05) is 31.1 Å². The van der Waals surface area contributed by atoms with Crippen molar-refractivity contribution in [1.29, 1.82) is 0 Å². The van der Waals surface area contributed by atoms with Gasteiger partial charge in [-0.3, -0.25) is 4.79 Å². The van der Waals surface area contributed by atoms with E-state index in [9.17, 15) is 4.79 Å². The molecule has 0 aliphatic carbocycles. The predicted molar refractivity (Wildman–Crippen MR) is 98.3 cm³/mol. The van der Waals surface area contributed by atoms with Crippen LogP contribution in [0.4, 0.5) is 5.82 Å². The van der Waals surface area contributed by atoms with Crippen LogP contribution in [0.5, 0.6) is 11.8 Å². The molecule has 2 aliphatic heterocycles. The Labute approximate surface area is 157 Å². The first-order chi connectivity index (χ1) is 13.1. The lowest BCUT2D eigenvalue weighted by Gasteiger charge is -2.32. The van der Waals surface area contributed by atoms with Crippen LogP contribution in [0.25, 0.3) is 0 Å². The molecule has 144 valence electrons. The van der Waals surface area contributed by atoms with Crippen LogP contribution in [0.2, 0.25) is 0 Å². The molecule has 1 fully saturated rings. The van der Waals surface area contributed by atoms with Crippen molar-refractivity contribution in [2.75, 3.05) is 38.7 Å². The van der Waals surface area contributed by atoms with E-state index < -0.39 is 0 Å². The van der Waals surface area contributed by atoms with Crippen LogP contribution in [0.3, 0.4) is 0 Å². The molecule has 0 N–H and O–H groups in total. The Morgan fingerprint density at radius 3 is 2.89 bits per heavy atom. The van der Waals surface area contributed by atoms with E-state index in [4.69, 9.17) is 9.47 Å². The number of anilines is 1. The Morgan fingerprint density at radius 2 is 2.15 bits per heavy atom. The van der Waals surface area contributed by atoms with Gasteiger partial charge in [0, 0.05) is 45.7 Å². The van der Waals surface area contributed by atoms with Crippen LogP contribution in [-0.4, -0.2) is 70.7 Å². The van der Waals surface area contributed by atoms with Gasteiger partial charge >= 0.3 is 0 Å². The van der Waals surface area contributed by atoms with Gasteiger partial charge in [0.25, 0.3) is 5.91 Å². The summed E-state index contributed by atoms with van der Waals surface area (Å²) < 4.78 is 13.3. The van der Waals surface area contributed by atoms with Gasteiger partial charge in [0.1, 0.15) is 6.10 Å². The smallest absolute Gasteiger partial charge is 0.274 e. The lowest BCUT2D eigenvalue weighted by atomic mass is 10.1. The summed E-state index contributed by atoms with van der Waals surface area (Å²) in [7, 11) is 3.82. The first-order valence-corrected chi connectivity index (χ1v) is 9.28. The third kappa shape index (κ3) is 3.81. The zero-order valence-corrected chi connectivity index (χ0v) is 15.7. The molecular formula is C18H24N6O3. The maximum Gasteiger partial charge on any atom is 0.274 e. The van der Waals surface area contributed by atoms with Gasteiger partial charge in [-0.25, -0.2) is 4.68 Å². The summed E-state index contributed by atoms with van der Waals surface area (Å²) in [4.78, 5) is 16.5. The zero-order chi connectivity index (χ0) is 18.8. The molecule has 0 radical (unpaired) electrons. The monoisotopic (exact) mass is 372 g/mol. The highest BCUT2D eigenvalue weighted by Crippen LogP contribution is 2.22. The average molecular weight is 372 g/mol. The highest BCUT2D eigenvalue weighted by Gasteiger charge is 2.28. The quantitative estimate of drug-likeness (QED) is 0.797. The van der Waals surface area contributed by atoms with E-state index in [-0.39, 0.29) is 12.0 Å². The van der Waals surface area contributed by atoms with Crippen LogP contribution in [0.15, 0.2) is 18.2 Å². The fraction of sp³-hybridized carbons (Fsp3) is 0.556. The standard InChI is InChI=1S/C18H24N6O3/c1-22(2)15-6-7-16(20-19-15)27-13-5-3-8-23(12-13)18(25)14-11-17-24(21-14)9-4-10-26-17/h6-7,11,13H,3-5,8-10,12H2,1-2H3. The number of rotatable bonds is 4. The van der Waals surface area contributed by atoms with E-state index in [0.717, 1.165) is 31.6 Å². The molecule has 0 spiro atoms. The van der Waals surface area contributed by atoms with Crippen LogP contribution in [-0.2, 0) is 6.54 Å². The maximum atomic E-state index is 12.8. The SMILES string of the molecule is CN(C)c1ccc(OC2CCCN(C(=O)c3cc4n(n3)CCCO4)C2)nn1. The number of likely N-dealkylation sites (tertiary alicyclic amines) is 1. The van der Waals surface area contributed by atoms with Crippen LogP contribution in [0, 0.1) is 0 Å². The number of carbonyl (C=O) groups excluding carboxylic acids is 1. The molecule has 2 aromatic rings. The molecule has 27 heavy (non-hydrogen) atoms. The number of amides is 1. The lowest BCUT2D eigenvalue weighted by molar-refractivity contribution is 0.0519. The largest absolute Gasteiger partial charge is 0.478 e. The molecule has 9 heteroatoms. The molecule has 4 rings (SSSR count). The molecule has 0 saturated carbocycles. The number of carbonyl (C=O) groups is 1. The van der Waals surface area contributed by atoms with E-state index in [1.165, 1.54) is 0 Å². The minimum Gasteiger partial charge on any atom is -0.478 e. The molecule has 1 unspecified atom stereocenters. The third-order valence-corrected chi connectivity index (χ3v) is 4.76. The van der Waals surface area contributed by atoms with Crippen molar-refractivity contribution in [1.82, 2.24) is 24.9 Å². The van der Waals surface area contributed by atoms with Crippen molar-refractivity contribution >= 4 is 11.7 Å². The zero-order valence-electron chi connectivity index (χ0n) is 15.7. The first kappa shape index (κ1) is 17.6. The minimum atomic E-state index is -0.101. The molecule has 1 saturated heterocycles. The fourth-order valence-electron chi connectivity index (χ4n) is 3.34. The number of hydrogen-bond donors (Lipinski definition) is 0. The van der Waals surface area contributed by atoms with Crippen molar-refractivity contribution in [2.45, 2.75) is 31.9 Å². The summed E-state index contributed by atoms with van der Waals surface area (Å²) in [5.74, 6) is 1.84. The van der Waals surface area contributed by atoms with Gasteiger partial charge in [-0.1, -0.05) is 0 Å². The maximum absolute atomic E-state index is 12.8. The first-order valence-electron chi connectivity index (χ1n) is 9.28. The van der Waals surface area contributed by atoms with Crippen LogP contribution >= 0.6 is 0 Å². The summed E-state index contributed by atoms with van der Waals surface area (Å²) in [5, 5.41) is 12.6. The van der Waals surface area contributed by atoms with Gasteiger partial charge in [-0.2, -0.15) is 5.10 Å². The summed E-state index contributed by atoms with van der Waals surface area (Å²) in [6.45, 7) is 2.68. The molecule has 1 atom stereocenters. The second-order valence-corrected chi connectivity index (χ2v) is 7.05. The molecule has 4 heterocycles. The normalized spacial score (nSPS) is 19.2. The highest BCUT2D eigenvalue weighted by molar-refractivity contribution is 5.92. The van der Waals surface area contributed by atoms with E-state index in [2.05, 4.69) is 15.3 Å². The molecule has 2 aliphatic rings. The van der Waals surface area contributed by atoms with Gasteiger partial charge < -0.3 is 19.3 Å². The Hall–Kier alpha value is -2.84. The Balaban J connectivity index is 1.40. The molecule has 2 aromatic heterocycles. The van der Waals surface area contributed by atoms with Crippen LogP contribution in [0.1, 0.15) is 29.8 Å². The number of aromatic nitrogens is 4. The minimum absolute atomic E-state index is 0.0807. The molecular weight excluding hydrogens is 348 g/mol. The summed E-state index contributed by atoms with van der Waals surface area (Å²) in [6, 6.07) is 5.41. The second-order valence-electron chi connectivity index (χ2n) is 7.05. The number of piperidine rings is 1. The van der Waals surface area contributed by atoms with Gasteiger partial charge in [-0.05, 0) is 18.9 Å². The highest BCUT2D eigenvalue weighted by atomic mass is 16.5. The van der Waals surface area contributed by atoms with E-state index in [0.29, 0.717) is 37.2 Å². The van der Waals surface area contributed by atoms with Crippen LogP contribution < -0.4 is 14.4 Å². The Bertz CT molecular complexity index is 780. The molecule has 0 bridgehead atoms. The number of fused-ring (bicyclic) bond motifs is 1. The van der Waals surface area contributed by atoms with Crippen molar-refractivity contribution < 1.29 is 14.3 Å². The average Bonchev–Trinajstić information content (AvgIpc) is 3.12. The third-order valence-electron chi connectivity index (χ3n) is 4.76. The van der Waals surface area contributed by atoms with Gasteiger partial charge in [-0.15, -0.1) is 10.2 Å². The number of ether oxygens (including phenoxy) is 2. The summed E-state index contributed by atoms with van der Waals surface area (Å²) in [5.41, 5.74) is 0.433. The number of nitrogens with zero attached hydrogens (tertiary/aromatic N) is 6. The van der Waals surface area contributed by atoms with Crippen molar-refractivity contribution in [3.63, 3.8) is 0 Å². The van der Waals surface area contributed by atoms with Gasteiger partial charge in [0.2, 0.25) is 11.8 Å². The number of hydrogen-bond acceptors (Lipinski definition) is 7. The topological polar surface area (TPSA) is 85.6 Å². The Morgan fingerprint density at radius 1 is 1.26 bits per heavy atom. The van der Waals surface area contributed by atoms with E-state index >= 15 is 0 Å². The van der Waals surface area contributed by atoms with Gasteiger partial charge in [0.05, 0.1) is 13.2 Å². The van der Waals surface area contributed by atoms with Gasteiger partial charge in [0.15, 0.2) is 11.5 Å². The molecule has 1 amide bonds. The summed E-state index contributed by atoms with van der Waals surface area (Å²) in [6.07, 6.45) is 2.57. The van der Waals surface area contributed by atoms with Crippen molar-refractivity contribution in [3.8, 4) is 11.8 Å². The number of aryl methyl sites for hydroxylation is 1. The molecule has 9 nitrogen and oxygen atoms in total. The Kier molecular flexibility index (Phi) is 4.83. The lowest BCUT2D eigenvalue weighted by Crippen LogP contribution is -2.44. The fourth-order valence-corrected chi connectivity index (χ4v) is 3.34. The van der Waals surface area contributed by atoms with E-state index in [1.54, 1.807) is 15.6 Å². The van der Waals surface area contributed by atoms with Crippen molar-refractivity contribution in [2.24, 2.45) is 0 Å². The van der Waals surface area contributed by atoms with Crippen molar-refractivity contribution in [3.05, 3.63) is 23.9 Å². The second kappa shape index (κ2) is 7.42. The predicted octanol–water partition coefficient (Wildman–Crippen LogP) is 1.21. The molecule has 0 aromatic carbocycles.